The lowest BCUT2D eigenvalue weighted by molar-refractivity contribution is -0.312. The number of halogens is 2. The molecule has 0 aromatic heterocycles. The molecular weight excluding hydrogens is 341 g/mol. The molecule has 2 rings (SSSR count). The van der Waals surface area contributed by atoms with Gasteiger partial charge in [0.1, 0.15) is 4.90 Å². The van der Waals surface area contributed by atoms with Crippen molar-refractivity contribution in [2.75, 3.05) is 13.1 Å². The monoisotopic (exact) mass is 352 g/mol. The summed E-state index contributed by atoms with van der Waals surface area (Å²) < 4.78 is 26.0. The van der Waals surface area contributed by atoms with E-state index in [9.17, 15) is 23.4 Å². The fourth-order valence-electron chi connectivity index (χ4n) is 2.23. The van der Waals surface area contributed by atoms with Gasteiger partial charge < -0.3 is 15.0 Å². The van der Waals surface area contributed by atoms with Crippen LogP contribution >= 0.6 is 23.2 Å². The first-order valence-corrected chi connectivity index (χ1v) is 8.32. The van der Waals surface area contributed by atoms with E-state index in [4.69, 9.17) is 23.2 Å². The van der Waals surface area contributed by atoms with E-state index >= 15 is 0 Å². The number of phenolic OH excluding ortho intramolecular Hbond substituents is 1. The number of carboxylic acids is 1. The smallest absolute Gasteiger partial charge is 0.246 e. The zero-order valence-electron chi connectivity index (χ0n) is 10.8. The fraction of sp³-hybridized carbons (Fsp3) is 0.417. The van der Waals surface area contributed by atoms with Gasteiger partial charge in [0.05, 0.1) is 5.02 Å². The third-order valence-corrected chi connectivity index (χ3v) is 5.71. The Morgan fingerprint density at radius 3 is 2.67 bits per heavy atom. The minimum atomic E-state index is -4.08. The summed E-state index contributed by atoms with van der Waals surface area (Å²) in [6, 6.07) is 2.30. The summed E-state index contributed by atoms with van der Waals surface area (Å²) in [4.78, 5) is 10.5. The summed E-state index contributed by atoms with van der Waals surface area (Å²) in [6.45, 7) is -0.0378. The predicted molar refractivity (Wildman–Crippen MR) is 74.6 cm³/mol. The third-order valence-electron chi connectivity index (χ3n) is 3.33. The van der Waals surface area contributed by atoms with E-state index in [1.807, 2.05) is 0 Å². The molecule has 0 spiro atoms. The van der Waals surface area contributed by atoms with Crippen molar-refractivity contribution in [2.45, 2.75) is 17.7 Å². The van der Waals surface area contributed by atoms with Crippen molar-refractivity contribution in [1.29, 1.82) is 0 Å². The molecule has 1 N–H and O–H groups in total. The van der Waals surface area contributed by atoms with Gasteiger partial charge >= 0.3 is 0 Å². The Balaban J connectivity index is 2.40. The van der Waals surface area contributed by atoms with Crippen LogP contribution in [0, 0.1) is 5.92 Å². The number of aliphatic carboxylic acids is 1. The minimum absolute atomic E-state index is 0.0600. The van der Waals surface area contributed by atoms with Gasteiger partial charge in [-0.25, -0.2) is 8.42 Å². The number of aromatic hydroxyl groups is 1. The van der Waals surface area contributed by atoms with Gasteiger partial charge in [-0.15, -0.1) is 0 Å². The summed E-state index contributed by atoms with van der Waals surface area (Å²) in [5.74, 6) is -2.76. The van der Waals surface area contributed by atoms with Crippen molar-refractivity contribution in [3.63, 3.8) is 0 Å². The van der Waals surface area contributed by atoms with Gasteiger partial charge in [0, 0.05) is 30.0 Å². The van der Waals surface area contributed by atoms with Gasteiger partial charge in [0.25, 0.3) is 0 Å². The van der Waals surface area contributed by atoms with Crippen LogP contribution in [0.4, 0.5) is 0 Å². The number of phenols is 1. The lowest BCUT2D eigenvalue weighted by Crippen LogP contribution is -2.46. The van der Waals surface area contributed by atoms with E-state index in [2.05, 4.69) is 0 Å². The molecule has 1 heterocycles. The first-order chi connectivity index (χ1) is 9.73. The normalized spacial score (nSPS) is 20.4. The first-order valence-electron chi connectivity index (χ1n) is 6.12. The number of benzene rings is 1. The number of rotatable bonds is 3. The lowest BCUT2D eigenvalue weighted by Gasteiger charge is -2.32. The Morgan fingerprint density at radius 1 is 1.38 bits per heavy atom. The van der Waals surface area contributed by atoms with E-state index in [1.165, 1.54) is 6.07 Å². The molecule has 1 atom stereocenters. The Bertz CT molecular complexity index is 676. The van der Waals surface area contributed by atoms with Crippen molar-refractivity contribution in [3.8, 4) is 5.75 Å². The van der Waals surface area contributed by atoms with Crippen molar-refractivity contribution < 1.29 is 23.4 Å². The molecule has 0 amide bonds. The summed E-state index contributed by atoms with van der Waals surface area (Å²) >= 11 is 11.5. The molecular formula is C12H12Cl2NO5S-. The maximum Gasteiger partial charge on any atom is 0.246 e. The van der Waals surface area contributed by atoms with Crippen LogP contribution in [-0.2, 0) is 14.8 Å². The highest BCUT2D eigenvalue weighted by atomic mass is 35.5. The second-order valence-electron chi connectivity index (χ2n) is 4.76. The van der Waals surface area contributed by atoms with Crippen molar-refractivity contribution in [2.24, 2.45) is 5.92 Å². The van der Waals surface area contributed by atoms with Crippen LogP contribution in [-0.4, -0.2) is 36.9 Å². The van der Waals surface area contributed by atoms with Crippen LogP contribution in [0.5, 0.6) is 5.75 Å². The van der Waals surface area contributed by atoms with Gasteiger partial charge in [0.15, 0.2) is 5.75 Å². The van der Waals surface area contributed by atoms with Crippen LogP contribution in [0.2, 0.25) is 10.0 Å². The molecule has 0 bridgehead atoms. The van der Waals surface area contributed by atoms with Crippen molar-refractivity contribution in [3.05, 3.63) is 22.2 Å². The average Bonchev–Trinajstić information content (AvgIpc) is 2.42. The Morgan fingerprint density at radius 2 is 2.05 bits per heavy atom. The zero-order valence-corrected chi connectivity index (χ0v) is 13.1. The standard InChI is InChI=1S/C12H13Cl2NO5S/c13-8-4-9(14)11(16)10(5-8)21(19,20)15-3-1-2-7(6-15)12(17)18/h4-5,7,16H,1-3,6H2,(H,17,18)/p-1/t7-/m0/s1. The second kappa shape index (κ2) is 6.00. The Kier molecular flexibility index (Phi) is 4.67. The lowest BCUT2D eigenvalue weighted by atomic mass is 10.0. The van der Waals surface area contributed by atoms with E-state index in [1.54, 1.807) is 0 Å². The number of piperidine rings is 1. The highest BCUT2D eigenvalue weighted by Gasteiger charge is 2.33. The number of hydrogen-bond acceptors (Lipinski definition) is 5. The Hall–Kier alpha value is -1.02. The molecule has 116 valence electrons. The first kappa shape index (κ1) is 16.4. The molecule has 1 aliphatic rings. The maximum atomic E-state index is 12.5. The van der Waals surface area contributed by atoms with E-state index in [0.29, 0.717) is 12.8 Å². The molecule has 0 saturated carbocycles. The fourth-order valence-corrected chi connectivity index (χ4v) is 4.50. The van der Waals surface area contributed by atoms with E-state index in [0.717, 1.165) is 10.4 Å². The van der Waals surface area contributed by atoms with E-state index < -0.39 is 32.6 Å². The number of nitrogens with zero attached hydrogens (tertiary/aromatic N) is 1. The summed E-state index contributed by atoms with van der Waals surface area (Å²) in [6.07, 6.45) is 0.754. The van der Waals surface area contributed by atoms with Crippen molar-refractivity contribution in [1.82, 2.24) is 4.31 Å². The summed E-state index contributed by atoms with van der Waals surface area (Å²) in [5.41, 5.74) is 0. The van der Waals surface area contributed by atoms with Crippen LogP contribution in [0.3, 0.4) is 0 Å². The molecule has 1 saturated heterocycles. The van der Waals surface area contributed by atoms with Crippen molar-refractivity contribution >= 4 is 39.2 Å². The predicted octanol–water partition coefficient (Wildman–Crippen LogP) is 0.850. The summed E-state index contributed by atoms with van der Waals surface area (Å²) in [5, 5.41) is 20.6. The quantitative estimate of drug-likeness (QED) is 0.869. The molecule has 1 aliphatic heterocycles. The number of hydrogen-bond donors (Lipinski definition) is 1. The number of carboxylic acid groups (broad SMARTS) is 1. The molecule has 0 radical (unpaired) electrons. The van der Waals surface area contributed by atoms with Gasteiger partial charge in [-0.05, 0) is 25.0 Å². The number of carbonyl (C=O) groups excluding carboxylic acids is 1. The highest BCUT2D eigenvalue weighted by molar-refractivity contribution is 7.89. The van der Waals surface area contributed by atoms with Crippen LogP contribution in [0.25, 0.3) is 0 Å². The van der Waals surface area contributed by atoms with Gasteiger partial charge in [-0.2, -0.15) is 4.31 Å². The Labute approximate surface area is 131 Å². The second-order valence-corrected chi connectivity index (χ2v) is 7.51. The van der Waals surface area contributed by atoms with Gasteiger partial charge in [-0.1, -0.05) is 23.2 Å². The topological polar surface area (TPSA) is 97.7 Å². The van der Waals surface area contributed by atoms with Crippen LogP contribution in [0.15, 0.2) is 17.0 Å². The van der Waals surface area contributed by atoms with E-state index in [-0.39, 0.29) is 23.1 Å². The molecule has 1 aromatic rings. The highest BCUT2D eigenvalue weighted by Crippen LogP contribution is 2.36. The third kappa shape index (κ3) is 3.26. The van der Waals surface area contributed by atoms with Crippen LogP contribution in [0.1, 0.15) is 12.8 Å². The molecule has 9 heteroatoms. The van der Waals surface area contributed by atoms with Gasteiger partial charge in [-0.3, -0.25) is 0 Å². The number of sulfonamides is 1. The SMILES string of the molecule is O=C([O-])[C@H]1CCCN(S(=O)(=O)c2cc(Cl)cc(Cl)c2O)C1. The van der Waals surface area contributed by atoms with Gasteiger partial charge in [0.2, 0.25) is 10.0 Å². The molecule has 21 heavy (non-hydrogen) atoms. The van der Waals surface area contributed by atoms with Crippen LogP contribution < -0.4 is 5.11 Å². The molecule has 1 aromatic carbocycles. The number of carbonyl (C=O) groups is 1. The minimum Gasteiger partial charge on any atom is -0.550 e. The maximum absolute atomic E-state index is 12.5. The molecule has 6 nitrogen and oxygen atoms in total. The largest absolute Gasteiger partial charge is 0.550 e. The average molecular weight is 353 g/mol. The zero-order chi connectivity index (χ0) is 15.8. The summed E-state index contributed by atoms with van der Waals surface area (Å²) in [7, 11) is -4.08. The molecule has 0 unspecified atom stereocenters. The molecule has 1 fully saturated rings. The molecule has 0 aliphatic carbocycles.